The summed E-state index contributed by atoms with van der Waals surface area (Å²) in [5, 5.41) is 6.89. The van der Waals surface area contributed by atoms with Crippen molar-refractivity contribution in [3.8, 4) is 0 Å². The molecule has 0 heterocycles. The number of nitrogens with zero attached hydrogens (tertiary/aromatic N) is 2. The van der Waals surface area contributed by atoms with Gasteiger partial charge in [-0.05, 0) is 32.2 Å². The summed E-state index contributed by atoms with van der Waals surface area (Å²) >= 11 is 0. The van der Waals surface area contributed by atoms with Crippen LogP contribution in [-0.4, -0.2) is 64.3 Å². The van der Waals surface area contributed by atoms with Crippen molar-refractivity contribution in [3.63, 3.8) is 0 Å². The van der Waals surface area contributed by atoms with Crippen LogP contribution in [0.3, 0.4) is 0 Å². The molecule has 0 radical (unpaired) electrons. The summed E-state index contributed by atoms with van der Waals surface area (Å²) in [7, 11) is 5.74. The minimum Gasteiger partial charge on any atom is -0.385 e. The number of likely N-dealkylation sites (N-methyl/N-ethyl adjacent to an activating group) is 1. The second-order valence-electron chi connectivity index (χ2n) is 5.68. The van der Waals surface area contributed by atoms with E-state index in [9.17, 15) is 0 Å². The van der Waals surface area contributed by atoms with Crippen LogP contribution in [0, 0.1) is 5.92 Å². The quantitative estimate of drug-likeness (QED) is 0.361. The third-order valence-electron chi connectivity index (χ3n) is 3.80. The number of guanidine groups is 1. The molecule has 0 aliphatic heterocycles. The molecule has 2 N–H and O–H groups in total. The highest BCUT2D eigenvalue weighted by Gasteiger charge is 2.36. The third-order valence-corrected chi connectivity index (χ3v) is 3.80. The van der Waals surface area contributed by atoms with Crippen molar-refractivity contribution in [2.24, 2.45) is 10.9 Å². The average molecular weight is 284 g/mol. The van der Waals surface area contributed by atoms with Crippen molar-refractivity contribution in [2.45, 2.75) is 38.6 Å². The van der Waals surface area contributed by atoms with Crippen molar-refractivity contribution in [1.29, 1.82) is 0 Å². The van der Waals surface area contributed by atoms with E-state index in [1.165, 1.54) is 19.3 Å². The first kappa shape index (κ1) is 17.2. The van der Waals surface area contributed by atoms with Gasteiger partial charge >= 0.3 is 0 Å². The molecule has 0 spiro atoms. The van der Waals surface area contributed by atoms with E-state index >= 15 is 0 Å². The van der Waals surface area contributed by atoms with Crippen LogP contribution in [0.1, 0.15) is 32.6 Å². The van der Waals surface area contributed by atoms with E-state index in [2.05, 4.69) is 34.5 Å². The van der Waals surface area contributed by atoms with Crippen LogP contribution >= 0.6 is 0 Å². The van der Waals surface area contributed by atoms with Crippen LogP contribution < -0.4 is 10.6 Å². The molecule has 0 aromatic heterocycles. The molecule has 1 saturated carbocycles. The van der Waals surface area contributed by atoms with Gasteiger partial charge in [0.25, 0.3) is 0 Å². The first-order chi connectivity index (χ1) is 9.71. The van der Waals surface area contributed by atoms with Gasteiger partial charge < -0.3 is 20.3 Å². The van der Waals surface area contributed by atoms with Crippen molar-refractivity contribution in [1.82, 2.24) is 15.5 Å². The molecule has 0 bridgehead atoms. The Labute approximate surface area is 124 Å². The van der Waals surface area contributed by atoms with Gasteiger partial charge in [-0.1, -0.05) is 13.3 Å². The zero-order valence-corrected chi connectivity index (χ0v) is 13.6. The Morgan fingerprint density at radius 1 is 1.40 bits per heavy atom. The second kappa shape index (κ2) is 10.00. The maximum atomic E-state index is 5.06. The Hall–Kier alpha value is -0.810. The highest BCUT2D eigenvalue weighted by molar-refractivity contribution is 5.80. The van der Waals surface area contributed by atoms with Crippen LogP contribution in [0.15, 0.2) is 4.99 Å². The van der Waals surface area contributed by atoms with E-state index in [4.69, 9.17) is 4.74 Å². The Morgan fingerprint density at radius 3 is 2.85 bits per heavy atom. The molecule has 0 saturated heterocycles. The van der Waals surface area contributed by atoms with E-state index in [1.54, 1.807) is 7.11 Å². The van der Waals surface area contributed by atoms with Crippen LogP contribution in [0.4, 0.5) is 0 Å². The Kier molecular flexibility index (Phi) is 8.62. The Morgan fingerprint density at radius 2 is 2.20 bits per heavy atom. The van der Waals surface area contributed by atoms with Crippen molar-refractivity contribution >= 4 is 5.96 Å². The lowest BCUT2D eigenvalue weighted by molar-refractivity contribution is 0.180. The van der Waals surface area contributed by atoms with E-state index < -0.39 is 0 Å². The lowest BCUT2D eigenvalue weighted by Gasteiger charge is -2.18. The van der Waals surface area contributed by atoms with Crippen LogP contribution in [0.25, 0.3) is 0 Å². The van der Waals surface area contributed by atoms with E-state index in [-0.39, 0.29) is 0 Å². The molecule has 118 valence electrons. The van der Waals surface area contributed by atoms with Crippen LogP contribution in [0.5, 0.6) is 0 Å². The first-order valence-corrected chi connectivity index (χ1v) is 7.85. The van der Waals surface area contributed by atoms with Gasteiger partial charge in [-0.15, -0.1) is 0 Å². The summed E-state index contributed by atoms with van der Waals surface area (Å²) < 4.78 is 5.06. The standard InChI is InChI=1S/C15H32N4O/c1-5-7-13-12-14(13)18-15(16-2)17-8-10-19(3)9-6-11-20-4/h13-14H,5-12H2,1-4H3,(H2,16,17,18). The summed E-state index contributed by atoms with van der Waals surface area (Å²) in [4.78, 5) is 6.61. The monoisotopic (exact) mass is 284 g/mol. The molecule has 0 amide bonds. The van der Waals surface area contributed by atoms with Gasteiger partial charge in [0.05, 0.1) is 0 Å². The van der Waals surface area contributed by atoms with E-state index in [1.807, 2.05) is 7.05 Å². The fraction of sp³-hybridized carbons (Fsp3) is 0.933. The minimum atomic E-state index is 0.639. The summed E-state index contributed by atoms with van der Waals surface area (Å²) in [5.41, 5.74) is 0. The largest absolute Gasteiger partial charge is 0.385 e. The highest BCUT2D eigenvalue weighted by atomic mass is 16.5. The van der Waals surface area contributed by atoms with Crippen molar-refractivity contribution < 1.29 is 4.74 Å². The molecule has 0 aromatic rings. The van der Waals surface area contributed by atoms with Gasteiger partial charge in [0, 0.05) is 46.4 Å². The predicted molar refractivity (Wildman–Crippen MR) is 85.3 cm³/mol. The number of hydrogen-bond acceptors (Lipinski definition) is 3. The van der Waals surface area contributed by atoms with Crippen LogP contribution in [-0.2, 0) is 4.74 Å². The molecule has 1 aliphatic carbocycles. The van der Waals surface area contributed by atoms with Gasteiger partial charge in [-0.3, -0.25) is 4.99 Å². The topological polar surface area (TPSA) is 48.9 Å². The second-order valence-corrected chi connectivity index (χ2v) is 5.68. The van der Waals surface area contributed by atoms with E-state index in [0.29, 0.717) is 6.04 Å². The fourth-order valence-corrected chi connectivity index (χ4v) is 2.44. The third kappa shape index (κ3) is 7.10. The molecule has 2 unspecified atom stereocenters. The SMILES string of the molecule is CCCC1CC1NC(=NC)NCCN(C)CCCOC. The molecule has 0 aromatic carbocycles. The molecule has 20 heavy (non-hydrogen) atoms. The van der Waals surface area contributed by atoms with Gasteiger partial charge in [0.1, 0.15) is 0 Å². The summed E-state index contributed by atoms with van der Waals surface area (Å²) in [6.45, 7) is 6.11. The lowest BCUT2D eigenvalue weighted by Crippen LogP contribution is -2.42. The smallest absolute Gasteiger partial charge is 0.191 e. The lowest BCUT2D eigenvalue weighted by atomic mass is 10.2. The number of ether oxygens (including phenoxy) is 1. The maximum absolute atomic E-state index is 5.06. The predicted octanol–water partition coefficient (Wildman–Crippen LogP) is 1.31. The number of rotatable bonds is 10. The number of nitrogens with one attached hydrogen (secondary N) is 2. The highest BCUT2D eigenvalue weighted by Crippen LogP contribution is 2.34. The zero-order chi connectivity index (χ0) is 14.8. The number of methoxy groups -OCH3 is 1. The molecule has 2 atom stereocenters. The molecule has 5 heteroatoms. The molecular formula is C15H32N4O. The summed E-state index contributed by atoms with van der Waals surface area (Å²) in [6, 6.07) is 0.639. The normalized spacial score (nSPS) is 22.1. The number of hydrogen-bond donors (Lipinski definition) is 2. The Balaban J connectivity index is 2.07. The van der Waals surface area contributed by atoms with Crippen molar-refractivity contribution in [3.05, 3.63) is 0 Å². The minimum absolute atomic E-state index is 0.639. The maximum Gasteiger partial charge on any atom is 0.191 e. The molecule has 5 nitrogen and oxygen atoms in total. The molecule has 1 fully saturated rings. The fourth-order valence-electron chi connectivity index (χ4n) is 2.44. The van der Waals surface area contributed by atoms with Crippen molar-refractivity contribution in [2.75, 3.05) is 47.4 Å². The molecular weight excluding hydrogens is 252 g/mol. The Bertz CT molecular complexity index is 283. The van der Waals surface area contributed by atoms with Gasteiger partial charge in [-0.25, -0.2) is 0 Å². The zero-order valence-electron chi connectivity index (χ0n) is 13.6. The van der Waals surface area contributed by atoms with Crippen LogP contribution in [0.2, 0.25) is 0 Å². The average Bonchev–Trinajstić information content (AvgIpc) is 3.16. The number of aliphatic imine (C=N–C) groups is 1. The van der Waals surface area contributed by atoms with E-state index in [0.717, 1.165) is 44.5 Å². The molecule has 1 aliphatic rings. The first-order valence-electron chi connectivity index (χ1n) is 7.85. The summed E-state index contributed by atoms with van der Waals surface area (Å²) in [6.07, 6.45) is 4.99. The molecule has 1 rings (SSSR count). The van der Waals surface area contributed by atoms with Gasteiger partial charge in [0.2, 0.25) is 0 Å². The van der Waals surface area contributed by atoms with Gasteiger partial charge in [-0.2, -0.15) is 0 Å². The summed E-state index contributed by atoms with van der Waals surface area (Å²) in [5.74, 6) is 1.80. The van der Waals surface area contributed by atoms with Gasteiger partial charge in [0.15, 0.2) is 5.96 Å².